The zero-order valence-corrected chi connectivity index (χ0v) is 18.7. The fourth-order valence-electron chi connectivity index (χ4n) is 4.18. The SMILES string of the molecule is CNc1ccc(-c2ccc3c(c2)C(N(C(=O)O)C(C)C)CC(C)N3C(C)=O)cn1.Cl. The molecular weight excluding hydrogens is 404 g/mol. The third-order valence-corrected chi connectivity index (χ3v) is 5.46. The smallest absolute Gasteiger partial charge is 0.408 e. The van der Waals surface area contributed by atoms with Gasteiger partial charge < -0.3 is 15.3 Å². The Balaban J connectivity index is 0.00000320. The van der Waals surface area contributed by atoms with Crippen molar-refractivity contribution < 1.29 is 14.7 Å². The minimum absolute atomic E-state index is 0. The molecule has 30 heavy (non-hydrogen) atoms. The fraction of sp³-hybridized carbons (Fsp3) is 0.409. The van der Waals surface area contributed by atoms with E-state index in [1.807, 2.05) is 58.2 Å². The second kappa shape index (κ2) is 9.34. The minimum Gasteiger partial charge on any atom is -0.465 e. The second-order valence-electron chi connectivity index (χ2n) is 7.73. The molecule has 0 saturated carbocycles. The first-order valence-electron chi connectivity index (χ1n) is 9.83. The molecule has 2 N–H and O–H groups in total. The molecule has 0 radical (unpaired) electrons. The highest BCUT2D eigenvalue weighted by atomic mass is 35.5. The summed E-state index contributed by atoms with van der Waals surface area (Å²) in [5.74, 6) is 0.731. The van der Waals surface area contributed by atoms with Crippen LogP contribution in [0.3, 0.4) is 0 Å². The molecule has 0 saturated heterocycles. The summed E-state index contributed by atoms with van der Waals surface area (Å²) in [7, 11) is 1.81. The van der Waals surface area contributed by atoms with Gasteiger partial charge in [-0.25, -0.2) is 9.78 Å². The number of pyridine rings is 1. The lowest BCUT2D eigenvalue weighted by atomic mass is 9.88. The van der Waals surface area contributed by atoms with E-state index in [4.69, 9.17) is 0 Å². The van der Waals surface area contributed by atoms with Crippen LogP contribution in [0.25, 0.3) is 11.1 Å². The third kappa shape index (κ3) is 4.36. The first kappa shape index (κ1) is 23.5. The number of rotatable bonds is 4. The van der Waals surface area contributed by atoms with Crippen LogP contribution >= 0.6 is 12.4 Å². The van der Waals surface area contributed by atoms with E-state index in [-0.39, 0.29) is 36.4 Å². The largest absolute Gasteiger partial charge is 0.465 e. The molecule has 1 aromatic heterocycles. The maximum Gasteiger partial charge on any atom is 0.408 e. The van der Waals surface area contributed by atoms with Gasteiger partial charge in [0.25, 0.3) is 0 Å². The number of carbonyl (C=O) groups is 2. The second-order valence-corrected chi connectivity index (χ2v) is 7.73. The number of hydrogen-bond donors (Lipinski definition) is 2. The molecule has 2 atom stereocenters. The van der Waals surface area contributed by atoms with Crippen molar-refractivity contribution in [3.63, 3.8) is 0 Å². The average molecular weight is 433 g/mol. The Bertz CT molecular complexity index is 917. The van der Waals surface area contributed by atoms with E-state index in [2.05, 4.69) is 10.3 Å². The summed E-state index contributed by atoms with van der Waals surface area (Å²) in [6.07, 6.45) is 1.39. The van der Waals surface area contributed by atoms with E-state index in [0.29, 0.717) is 6.42 Å². The van der Waals surface area contributed by atoms with Crippen LogP contribution in [0.5, 0.6) is 0 Å². The number of hydrogen-bond acceptors (Lipinski definition) is 4. The van der Waals surface area contributed by atoms with Gasteiger partial charge in [0.1, 0.15) is 5.82 Å². The standard InChI is InChI=1S/C22H28N4O3.ClH/c1-13(2)25(22(28)29)20-10-14(3)26(15(4)27)19-8-6-16(11-18(19)20)17-7-9-21(23-5)24-12-17;/h6-9,11-14,20H,10H2,1-5H3,(H,23,24)(H,28,29);1H. The maximum atomic E-state index is 12.3. The number of benzene rings is 1. The first-order chi connectivity index (χ1) is 13.7. The number of nitrogens with zero attached hydrogens (tertiary/aromatic N) is 3. The van der Waals surface area contributed by atoms with Crippen LogP contribution in [0, 0.1) is 0 Å². The van der Waals surface area contributed by atoms with Crippen LogP contribution in [0.4, 0.5) is 16.3 Å². The van der Waals surface area contributed by atoms with E-state index >= 15 is 0 Å². The summed E-state index contributed by atoms with van der Waals surface area (Å²) < 4.78 is 0. The number of halogens is 1. The highest BCUT2D eigenvalue weighted by Gasteiger charge is 2.38. The molecule has 1 aromatic carbocycles. The van der Waals surface area contributed by atoms with Crippen molar-refractivity contribution >= 4 is 35.9 Å². The van der Waals surface area contributed by atoms with Crippen molar-refractivity contribution in [1.82, 2.24) is 9.88 Å². The molecule has 3 rings (SSSR count). The van der Waals surface area contributed by atoms with Crippen LogP contribution < -0.4 is 10.2 Å². The summed E-state index contributed by atoms with van der Waals surface area (Å²) in [6, 6.07) is 9.15. The van der Waals surface area contributed by atoms with Gasteiger partial charge in [0.2, 0.25) is 5.91 Å². The Morgan fingerprint density at radius 3 is 2.40 bits per heavy atom. The molecule has 2 unspecified atom stereocenters. The zero-order chi connectivity index (χ0) is 21.3. The Labute approximate surface area is 183 Å². The molecule has 1 aliphatic rings. The van der Waals surface area contributed by atoms with Crippen molar-refractivity contribution in [1.29, 1.82) is 0 Å². The number of carbonyl (C=O) groups excluding carboxylic acids is 1. The molecule has 0 aliphatic carbocycles. The van der Waals surface area contributed by atoms with Crippen LogP contribution in [0.2, 0.25) is 0 Å². The summed E-state index contributed by atoms with van der Waals surface area (Å²) in [5, 5.41) is 12.9. The Hall–Kier alpha value is -2.80. The normalized spacial score (nSPS) is 17.7. The van der Waals surface area contributed by atoms with E-state index in [9.17, 15) is 14.7 Å². The van der Waals surface area contributed by atoms with Gasteiger partial charge in [0.05, 0.1) is 6.04 Å². The Morgan fingerprint density at radius 1 is 1.23 bits per heavy atom. The fourth-order valence-corrected chi connectivity index (χ4v) is 4.18. The third-order valence-electron chi connectivity index (χ3n) is 5.46. The summed E-state index contributed by atoms with van der Waals surface area (Å²) >= 11 is 0. The van der Waals surface area contributed by atoms with Gasteiger partial charge in [-0.1, -0.05) is 6.07 Å². The van der Waals surface area contributed by atoms with E-state index in [1.54, 1.807) is 18.0 Å². The van der Waals surface area contributed by atoms with Crippen LogP contribution in [-0.2, 0) is 4.79 Å². The van der Waals surface area contributed by atoms with E-state index in [1.165, 1.54) is 4.90 Å². The van der Waals surface area contributed by atoms with Gasteiger partial charge >= 0.3 is 6.09 Å². The van der Waals surface area contributed by atoms with Gasteiger partial charge in [-0.2, -0.15) is 0 Å². The molecule has 2 amide bonds. The van der Waals surface area contributed by atoms with Gasteiger partial charge in [-0.05, 0) is 62.6 Å². The van der Waals surface area contributed by atoms with Crippen molar-refractivity contribution in [3.8, 4) is 11.1 Å². The first-order valence-corrected chi connectivity index (χ1v) is 9.83. The predicted octanol–water partition coefficient (Wildman–Crippen LogP) is 4.79. The Kier molecular flexibility index (Phi) is 7.31. The summed E-state index contributed by atoms with van der Waals surface area (Å²) in [6.45, 7) is 7.26. The molecule has 0 fully saturated rings. The van der Waals surface area contributed by atoms with Crippen LogP contribution in [-0.4, -0.2) is 46.1 Å². The van der Waals surface area contributed by atoms with Gasteiger partial charge in [0, 0.05) is 43.5 Å². The molecular formula is C22H29ClN4O3. The number of fused-ring (bicyclic) bond motifs is 1. The van der Waals surface area contributed by atoms with Crippen LogP contribution in [0.1, 0.15) is 45.7 Å². The topological polar surface area (TPSA) is 85.8 Å². The highest BCUT2D eigenvalue weighted by molar-refractivity contribution is 5.94. The lowest BCUT2D eigenvalue weighted by Gasteiger charge is -2.43. The number of amides is 2. The summed E-state index contributed by atoms with van der Waals surface area (Å²) in [4.78, 5) is 32.0. The number of anilines is 2. The highest BCUT2D eigenvalue weighted by Crippen LogP contribution is 2.43. The average Bonchev–Trinajstić information content (AvgIpc) is 2.67. The molecule has 1 aliphatic heterocycles. The lowest BCUT2D eigenvalue weighted by molar-refractivity contribution is -0.117. The molecule has 7 nitrogen and oxygen atoms in total. The zero-order valence-electron chi connectivity index (χ0n) is 17.9. The number of aromatic nitrogens is 1. The molecule has 2 aromatic rings. The van der Waals surface area contributed by atoms with Crippen molar-refractivity contribution in [2.24, 2.45) is 0 Å². The van der Waals surface area contributed by atoms with Gasteiger partial charge in [0.15, 0.2) is 0 Å². The van der Waals surface area contributed by atoms with Gasteiger partial charge in [-0.15, -0.1) is 12.4 Å². The van der Waals surface area contributed by atoms with Crippen molar-refractivity contribution in [2.75, 3.05) is 17.3 Å². The number of carboxylic acid groups (broad SMARTS) is 1. The lowest BCUT2D eigenvalue weighted by Crippen LogP contribution is -2.48. The Morgan fingerprint density at radius 2 is 1.90 bits per heavy atom. The van der Waals surface area contributed by atoms with Crippen molar-refractivity contribution in [3.05, 3.63) is 42.1 Å². The summed E-state index contributed by atoms with van der Waals surface area (Å²) in [5.41, 5.74) is 3.50. The molecule has 2 heterocycles. The molecule has 0 bridgehead atoms. The van der Waals surface area contributed by atoms with Crippen LogP contribution in [0.15, 0.2) is 36.5 Å². The van der Waals surface area contributed by atoms with E-state index in [0.717, 1.165) is 28.2 Å². The van der Waals surface area contributed by atoms with E-state index < -0.39 is 6.09 Å². The number of nitrogens with one attached hydrogen (secondary N) is 1. The molecule has 0 spiro atoms. The molecule has 8 heteroatoms. The maximum absolute atomic E-state index is 12.3. The monoisotopic (exact) mass is 432 g/mol. The van der Waals surface area contributed by atoms with Crippen molar-refractivity contribution in [2.45, 2.75) is 52.2 Å². The minimum atomic E-state index is -0.954. The predicted molar refractivity (Wildman–Crippen MR) is 121 cm³/mol. The van der Waals surface area contributed by atoms with Gasteiger partial charge in [-0.3, -0.25) is 9.69 Å². The molecule has 162 valence electrons. The quantitative estimate of drug-likeness (QED) is 0.725.